The maximum absolute atomic E-state index is 12.5. The molecule has 1 saturated heterocycles. The highest BCUT2D eigenvalue weighted by Crippen LogP contribution is 2.31. The van der Waals surface area contributed by atoms with Gasteiger partial charge in [0.1, 0.15) is 5.82 Å². The lowest BCUT2D eigenvalue weighted by atomic mass is 9.84. The quantitative estimate of drug-likeness (QED) is 0.730. The third kappa shape index (κ3) is 4.48. The molecule has 1 aromatic rings. The van der Waals surface area contributed by atoms with Gasteiger partial charge in [-0.1, -0.05) is 20.8 Å². The van der Waals surface area contributed by atoms with Gasteiger partial charge >= 0.3 is 6.03 Å². The molecule has 0 spiro atoms. The van der Waals surface area contributed by atoms with Crippen LogP contribution in [0.3, 0.4) is 0 Å². The first kappa shape index (κ1) is 18.7. The Morgan fingerprint density at radius 3 is 2.62 bits per heavy atom. The average molecular weight is 337 g/mol. The summed E-state index contributed by atoms with van der Waals surface area (Å²) in [6.07, 6.45) is 5.49. The molecule has 0 saturated carbocycles. The number of likely N-dealkylation sites (tertiary alicyclic amines) is 1. The summed E-state index contributed by atoms with van der Waals surface area (Å²) in [5.41, 5.74) is -0.512. The molecular weight excluding hydrogens is 306 g/mol. The smallest absolute Gasteiger partial charge is 0.315 e. The zero-order valence-corrected chi connectivity index (χ0v) is 15.2. The predicted molar refractivity (Wildman–Crippen MR) is 93.6 cm³/mol. The Morgan fingerprint density at radius 1 is 1.46 bits per heavy atom. The van der Waals surface area contributed by atoms with E-state index >= 15 is 0 Å². The van der Waals surface area contributed by atoms with Crippen LogP contribution < -0.4 is 10.6 Å². The minimum atomic E-state index is -0.512. The molecule has 24 heavy (non-hydrogen) atoms. The van der Waals surface area contributed by atoms with E-state index in [1.165, 1.54) is 0 Å². The highest BCUT2D eigenvalue weighted by molar-refractivity contribution is 5.74. The van der Waals surface area contributed by atoms with Crippen molar-refractivity contribution < 1.29 is 9.90 Å². The topological polar surface area (TPSA) is 82.4 Å². The molecule has 1 atom stereocenters. The van der Waals surface area contributed by atoms with E-state index in [1.807, 2.05) is 31.7 Å². The molecular formula is C17H31N5O2. The van der Waals surface area contributed by atoms with Crippen LogP contribution in [0.2, 0.25) is 0 Å². The minimum absolute atomic E-state index is 0.0420. The number of nitrogens with zero attached hydrogens (tertiary/aromatic N) is 3. The van der Waals surface area contributed by atoms with E-state index in [9.17, 15) is 9.90 Å². The van der Waals surface area contributed by atoms with Crippen LogP contribution in [0.15, 0.2) is 12.4 Å². The molecule has 2 heterocycles. The zero-order chi connectivity index (χ0) is 17.7. The highest BCUT2D eigenvalue weighted by Gasteiger charge is 2.34. The number of aromatic nitrogens is 2. The normalized spacial score (nSPS) is 18.4. The summed E-state index contributed by atoms with van der Waals surface area (Å²) in [6.45, 7) is 9.07. The van der Waals surface area contributed by atoms with Crippen molar-refractivity contribution in [1.82, 2.24) is 25.1 Å². The summed E-state index contributed by atoms with van der Waals surface area (Å²) in [4.78, 5) is 19.2. The van der Waals surface area contributed by atoms with E-state index in [1.54, 1.807) is 6.20 Å². The van der Waals surface area contributed by atoms with Gasteiger partial charge in [-0.15, -0.1) is 0 Å². The van der Waals surface area contributed by atoms with Crippen molar-refractivity contribution in [2.75, 3.05) is 26.2 Å². The number of aliphatic hydroxyl groups is 1. The number of amides is 2. The van der Waals surface area contributed by atoms with Crippen molar-refractivity contribution in [3.05, 3.63) is 18.2 Å². The number of carbonyl (C=O) groups excluding carboxylic acids is 1. The van der Waals surface area contributed by atoms with Gasteiger partial charge in [-0.25, -0.2) is 9.78 Å². The monoisotopic (exact) mass is 337 g/mol. The lowest BCUT2D eigenvalue weighted by Gasteiger charge is -2.35. The Hall–Kier alpha value is -1.60. The van der Waals surface area contributed by atoms with Gasteiger partial charge in [0.05, 0.1) is 12.6 Å². The number of piperidine rings is 1. The molecule has 7 nitrogen and oxygen atoms in total. The standard InChI is InChI=1S/C17H31N5O2/c1-5-22-9-6-13(7-10-22)19-16(24)20-14(17(2,3)12-23)15-18-8-11-21(15)4/h8,11,13-14,23H,5-7,9-10,12H2,1-4H3,(H2,19,20,24). The first-order valence-electron chi connectivity index (χ1n) is 8.75. The van der Waals surface area contributed by atoms with Gasteiger partial charge in [0.15, 0.2) is 0 Å². The number of imidazole rings is 1. The van der Waals surface area contributed by atoms with Crippen LogP contribution in [0.5, 0.6) is 0 Å². The SMILES string of the molecule is CCN1CCC(NC(=O)NC(c2nccn2C)C(C)(C)CO)CC1. The fourth-order valence-electron chi connectivity index (χ4n) is 3.11. The summed E-state index contributed by atoms with van der Waals surface area (Å²) in [5, 5.41) is 15.8. The van der Waals surface area contributed by atoms with E-state index in [4.69, 9.17) is 0 Å². The molecule has 0 aliphatic carbocycles. The van der Waals surface area contributed by atoms with Crippen LogP contribution in [-0.4, -0.2) is 57.9 Å². The van der Waals surface area contributed by atoms with Crippen LogP contribution in [0.25, 0.3) is 0 Å². The number of hydrogen-bond acceptors (Lipinski definition) is 4. The number of urea groups is 1. The number of rotatable bonds is 6. The van der Waals surface area contributed by atoms with Gasteiger partial charge in [0.25, 0.3) is 0 Å². The van der Waals surface area contributed by atoms with Crippen molar-refractivity contribution in [3.8, 4) is 0 Å². The Morgan fingerprint density at radius 2 is 2.12 bits per heavy atom. The van der Waals surface area contributed by atoms with Crippen molar-refractivity contribution >= 4 is 6.03 Å². The first-order chi connectivity index (χ1) is 11.4. The van der Waals surface area contributed by atoms with Gasteiger partial charge in [0.2, 0.25) is 0 Å². The molecule has 3 N–H and O–H groups in total. The predicted octanol–water partition coefficient (Wildman–Crippen LogP) is 1.26. The van der Waals surface area contributed by atoms with E-state index in [-0.39, 0.29) is 24.7 Å². The third-order valence-corrected chi connectivity index (χ3v) is 4.95. The molecule has 0 bridgehead atoms. The van der Waals surface area contributed by atoms with E-state index in [2.05, 4.69) is 27.4 Å². The maximum atomic E-state index is 12.5. The summed E-state index contributed by atoms with van der Waals surface area (Å²) >= 11 is 0. The Bertz CT molecular complexity index is 535. The largest absolute Gasteiger partial charge is 0.396 e. The Kier molecular flexibility index (Phi) is 6.23. The average Bonchev–Trinajstić information content (AvgIpc) is 2.99. The summed E-state index contributed by atoms with van der Waals surface area (Å²) in [6, 6.07) is -0.357. The van der Waals surface area contributed by atoms with E-state index in [0.29, 0.717) is 0 Å². The molecule has 1 aromatic heterocycles. The summed E-state index contributed by atoms with van der Waals surface area (Å²) < 4.78 is 1.88. The molecule has 1 aliphatic heterocycles. The second kappa shape index (κ2) is 7.98. The fourth-order valence-corrected chi connectivity index (χ4v) is 3.11. The van der Waals surface area contributed by atoms with Crippen molar-refractivity contribution in [1.29, 1.82) is 0 Å². The van der Waals surface area contributed by atoms with E-state index in [0.717, 1.165) is 38.3 Å². The second-order valence-electron chi connectivity index (χ2n) is 7.30. The molecule has 1 fully saturated rings. The molecule has 2 rings (SSSR count). The number of carbonyl (C=O) groups is 1. The van der Waals surface area contributed by atoms with Gasteiger partial charge in [0, 0.05) is 44.0 Å². The van der Waals surface area contributed by atoms with Crippen molar-refractivity contribution in [2.24, 2.45) is 12.5 Å². The van der Waals surface area contributed by atoms with Crippen LogP contribution in [-0.2, 0) is 7.05 Å². The van der Waals surface area contributed by atoms with Crippen LogP contribution in [0.4, 0.5) is 4.79 Å². The minimum Gasteiger partial charge on any atom is -0.396 e. The number of hydrogen-bond donors (Lipinski definition) is 3. The van der Waals surface area contributed by atoms with Crippen LogP contribution in [0, 0.1) is 5.41 Å². The number of aliphatic hydroxyl groups excluding tert-OH is 1. The highest BCUT2D eigenvalue weighted by atomic mass is 16.3. The number of aryl methyl sites for hydroxylation is 1. The van der Waals surface area contributed by atoms with Crippen molar-refractivity contribution in [3.63, 3.8) is 0 Å². The van der Waals surface area contributed by atoms with Gasteiger partial charge in [-0.2, -0.15) is 0 Å². The fraction of sp³-hybridized carbons (Fsp3) is 0.765. The van der Waals surface area contributed by atoms with Gasteiger partial charge in [-0.3, -0.25) is 0 Å². The Labute approximate surface area is 144 Å². The first-order valence-corrected chi connectivity index (χ1v) is 8.75. The number of nitrogens with one attached hydrogen (secondary N) is 2. The summed E-state index contributed by atoms with van der Waals surface area (Å²) in [5.74, 6) is 0.741. The van der Waals surface area contributed by atoms with Crippen molar-refractivity contribution in [2.45, 2.75) is 45.7 Å². The van der Waals surface area contributed by atoms with Gasteiger partial charge < -0.3 is 25.2 Å². The molecule has 1 unspecified atom stereocenters. The maximum Gasteiger partial charge on any atom is 0.315 e. The second-order valence-corrected chi connectivity index (χ2v) is 7.30. The lowest BCUT2D eigenvalue weighted by molar-refractivity contribution is 0.112. The van der Waals surface area contributed by atoms with Crippen LogP contribution in [0.1, 0.15) is 45.5 Å². The molecule has 0 radical (unpaired) electrons. The van der Waals surface area contributed by atoms with E-state index < -0.39 is 5.41 Å². The molecule has 1 aliphatic rings. The molecule has 0 aromatic carbocycles. The third-order valence-electron chi connectivity index (χ3n) is 4.95. The van der Waals surface area contributed by atoms with Crippen LogP contribution >= 0.6 is 0 Å². The summed E-state index contributed by atoms with van der Waals surface area (Å²) in [7, 11) is 1.89. The Balaban J connectivity index is 1.99. The lowest BCUT2D eigenvalue weighted by Crippen LogP contribution is -2.51. The zero-order valence-electron chi connectivity index (χ0n) is 15.2. The molecule has 2 amide bonds. The van der Waals surface area contributed by atoms with Gasteiger partial charge in [-0.05, 0) is 19.4 Å². The molecule has 136 valence electrons. The molecule has 7 heteroatoms.